The zero-order chi connectivity index (χ0) is 20.9. The summed E-state index contributed by atoms with van der Waals surface area (Å²) < 4.78 is 39.1. The molecule has 0 saturated heterocycles. The van der Waals surface area contributed by atoms with Crippen LogP contribution in [0.25, 0.3) is 0 Å². The van der Waals surface area contributed by atoms with Gasteiger partial charge in [0.15, 0.2) is 0 Å². The Morgan fingerprint density at radius 3 is 2.11 bits per heavy atom. The predicted octanol–water partition coefficient (Wildman–Crippen LogP) is 3.81. The van der Waals surface area contributed by atoms with E-state index in [-0.39, 0.29) is 18.2 Å². The molecule has 2 aromatic rings. The molecule has 0 aromatic heterocycles. The topological polar surface area (TPSA) is 66.5 Å². The molecule has 1 N–H and O–H groups in total. The number of nitrogens with one attached hydrogen (secondary N) is 1. The van der Waals surface area contributed by atoms with Crippen molar-refractivity contribution in [2.45, 2.75) is 45.7 Å². The smallest absolute Gasteiger partial charge is 0.244 e. The van der Waals surface area contributed by atoms with Crippen molar-refractivity contribution >= 4 is 21.6 Å². The molecule has 0 heterocycles. The zero-order valence-corrected chi connectivity index (χ0v) is 17.5. The average Bonchev–Trinajstić information content (AvgIpc) is 2.66. The van der Waals surface area contributed by atoms with E-state index in [0.717, 1.165) is 22.5 Å². The zero-order valence-electron chi connectivity index (χ0n) is 16.6. The maximum absolute atomic E-state index is 13.3. The average molecular weight is 407 g/mol. The van der Waals surface area contributed by atoms with Crippen molar-refractivity contribution in [2.75, 3.05) is 10.6 Å². The summed E-state index contributed by atoms with van der Waals surface area (Å²) in [7, 11) is -3.75. The van der Waals surface area contributed by atoms with Crippen molar-refractivity contribution < 1.29 is 17.6 Å². The maximum atomic E-state index is 13.3. The Morgan fingerprint density at radius 1 is 1.07 bits per heavy atom. The van der Waals surface area contributed by atoms with Crippen LogP contribution in [0.1, 0.15) is 44.4 Å². The highest BCUT2D eigenvalue weighted by Gasteiger charge is 2.32. The molecule has 5 nitrogen and oxygen atoms in total. The molecule has 0 unspecified atom stereocenters. The number of benzene rings is 2. The monoisotopic (exact) mass is 406 g/mol. The second-order valence-electron chi connectivity index (χ2n) is 6.78. The van der Waals surface area contributed by atoms with Gasteiger partial charge in [0.2, 0.25) is 15.9 Å². The molecular weight excluding hydrogens is 379 g/mol. The van der Waals surface area contributed by atoms with Crippen LogP contribution in [0.15, 0.2) is 48.5 Å². The molecule has 28 heavy (non-hydrogen) atoms. The van der Waals surface area contributed by atoms with Gasteiger partial charge in [0.05, 0.1) is 18.0 Å². The van der Waals surface area contributed by atoms with Gasteiger partial charge in [0.25, 0.3) is 0 Å². The van der Waals surface area contributed by atoms with Crippen LogP contribution in [0.4, 0.5) is 10.1 Å². The molecule has 0 radical (unpaired) electrons. The van der Waals surface area contributed by atoms with Crippen molar-refractivity contribution in [1.29, 1.82) is 0 Å². The van der Waals surface area contributed by atoms with Gasteiger partial charge in [-0.1, -0.05) is 38.1 Å². The van der Waals surface area contributed by atoms with Crippen LogP contribution in [0.3, 0.4) is 0 Å². The standard InChI is InChI=1S/C21H27FN2O3S/c1-5-16-7-9-17(10-8-16)15(3)23-21(25)20(6-2)24(28(4,26)27)19-13-11-18(22)12-14-19/h7-15,20H,5-6H2,1-4H3,(H,23,25)/t15-,20+/m1/s1. The van der Waals surface area contributed by atoms with Gasteiger partial charge in [-0.2, -0.15) is 0 Å². The largest absolute Gasteiger partial charge is 0.348 e. The lowest BCUT2D eigenvalue weighted by atomic mass is 10.0. The first-order chi connectivity index (χ1) is 13.2. The second-order valence-corrected chi connectivity index (χ2v) is 8.64. The van der Waals surface area contributed by atoms with E-state index in [4.69, 9.17) is 0 Å². The molecule has 0 aliphatic heterocycles. The first kappa shape index (κ1) is 21.9. The summed E-state index contributed by atoms with van der Waals surface area (Å²) in [5.74, 6) is -0.872. The highest BCUT2D eigenvalue weighted by atomic mass is 32.2. The van der Waals surface area contributed by atoms with Crippen LogP contribution in [0.2, 0.25) is 0 Å². The second kappa shape index (κ2) is 9.19. The van der Waals surface area contributed by atoms with Crippen LogP contribution in [-0.4, -0.2) is 26.6 Å². The SMILES string of the molecule is CCc1ccc([C@@H](C)NC(=O)[C@H](CC)N(c2ccc(F)cc2)S(C)(=O)=O)cc1. The number of aryl methyl sites for hydroxylation is 1. The Morgan fingerprint density at radius 2 is 1.64 bits per heavy atom. The molecule has 2 atom stereocenters. The van der Waals surface area contributed by atoms with Crippen molar-refractivity contribution in [2.24, 2.45) is 0 Å². The Balaban J connectivity index is 2.26. The molecule has 0 saturated carbocycles. The summed E-state index contributed by atoms with van der Waals surface area (Å²) in [6.45, 7) is 5.67. The lowest BCUT2D eigenvalue weighted by Crippen LogP contribution is -2.49. The van der Waals surface area contributed by atoms with Gasteiger partial charge in [0, 0.05) is 0 Å². The minimum atomic E-state index is -3.75. The van der Waals surface area contributed by atoms with Gasteiger partial charge >= 0.3 is 0 Å². The quantitative estimate of drug-likeness (QED) is 0.725. The van der Waals surface area contributed by atoms with Gasteiger partial charge in [-0.25, -0.2) is 12.8 Å². The lowest BCUT2D eigenvalue weighted by Gasteiger charge is -2.31. The Kier molecular flexibility index (Phi) is 7.18. The number of carbonyl (C=O) groups is 1. The summed E-state index contributed by atoms with van der Waals surface area (Å²) >= 11 is 0. The molecule has 0 aliphatic carbocycles. The number of halogens is 1. The van der Waals surface area contributed by atoms with Crippen molar-refractivity contribution in [3.05, 3.63) is 65.5 Å². The molecule has 0 aliphatic rings. The third kappa shape index (κ3) is 5.32. The normalized spacial score (nSPS) is 13.6. The summed E-state index contributed by atoms with van der Waals surface area (Å²) in [5.41, 5.74) is 2.40. The highest BCUT2D eigenvalue weighted by molar-refractivity contribution is 7.92. The molecule has 7 heteroatoms. The Hall–Kier alpha value is -2.41. The summed E-state index contributed by atoms with van der Waals surface area (Å²) in [4.78, 5) is 12.9. The number of nitrogens with zero attached hydrogens (tertiary/aromatic N) is 1. The maximum Gasteiger partial charge on any atom is 0.244 e. The van der Waals surface area contributed by atoms with E-state index < -0.39 is 27.8 Å². The van der Waals surface area contributed by atoms with Gasteiger partial charge < -0.3 is 5.32 Å². The first-order valence-corrected chi connectivity index (χ1v) is 11.2. The number of hydrogen-bond acceptors (Lipinski definition) is 3. The molecule has 0 spiro atoms. The third-order valence-electron chi connectivity index (χ3n) is 4.66. The van der Waals surface area contributed by atoms with E-state index in [1.54, 1.807) is 6.92 Å². The molecule has 1 amide bonds. The van der Waals surface area contributed by atoms with Crippen LogP contribution < -0.4 is 9.62 Å². The van der Waals surface area contributed by atoms with Gasteiger partial charge in [-0.15, -0.1) is 0 Å². The fourth-order valence-electron chi connectivity index (χ4n) is 3.08. The fourth-order valence-corrected chi connectivity index (χ4v) is 4.29. The first-order valence-electron chi connectivity index (χ1n) is 9.31. The van der Waals surface area contributed by atoms with Crippen molar-refractivity contribution in [3.8, 4) is 0 Å². The van der Waals surface area contributed by atoms with E-state index in [0.29, 0.717) is 0 Å². The molecule has 0 bridgehead atoms. The predicted molar refractivity (Wildman–Crippen MR) is 110 cm³/mol. The summed E-state index contributed by atoms with van der Waals surface area (Å²) in [5, 5.41) is 2.90. The van der Waals surface area contributed by atoms with Gasteiger partial charge in [0.1, 0.15) is 11.9 Å². The Bertz CT molecular complexity index is 896. The minimum absolute atomic E-state index is 0.255. The van der Waals surface area contributed by atoms with Crippen LogP contribution in [-0.2, 0) is 21.2 Å². The highest BCUT2D eigenvalue weighted by Crippen LogP contribution is 2.23. The molecule has 2 aromatic carbocycles. The van der Waals surface area contributed by atoms with Gasteiger partial charge in [-0.05, 0) is 55.2 Å². The minimum Gasteiger partial charge on any atom is -0.348 e. The lowest BCUT2D eigenvalue weighted by molar-refractivity contribution is -0.122. The molecule has 0 fully saturated rings. The number of hydrogen-bond donors (Lipinski definition) is 1. The number of amides is 1. The van der Waals surface area contributed by atoms with Crippen LogP contribution in [0, 0.1) is 5.82 Å². The van der Waals surface area contributed by atoms with Crippen molar-refractivity contribution in [1.82, 2.24) is 5.32 Å². The number of anilines is 1. The molecular formula is C21H27FN2O3S. The number of sulfonamides is 1. The Labute approximate surface area is 166 Å². The van der Waals surface area contributed by atoms with Crippen molar-refractivity contribution in [3.63, 3.8) is 0 Å². The van der Waals surface area contributed by atoms with E-state index in [9.17, 15) is 17.6 Å². The van der Waals surface area contributed by atoms with Crippen LogP contribution >= 0.6 is 0 Å². The summed E-state index contributed by atoms with van der Waals surface area (Å²) in [6, 6.07) is 11.8. The summed E-state index contributed by atoms with van der Waals surface area (Å²) in [6.07, 6.45) is 2.25. The van der Waals surface area contributed by atoms with E-state index in [2.05, 4.69) is 12.2 Å². The van der Waals surface area contributed by atoms with E-state index in [1.807, 2.05) is 31.2 Å². The van der Waals surface area contributed by atoms with E-state index in [1.165, 1.54) is 29.8 Å². The molecule has 152 valence electrons. The number of rotatable bonds is 8. The third-order valence-corrected chi connectivity index (χ3v) is 5.84. The van der Waals surface area contributed by atoms with Crippen LogP contribution in [0.5, 0.6) is 0 Å². The van der Waals surface area contributed by atoms with E-state index >= 15 is 0 Å². The van der Waals surface area contributed by atoms with Gasteiger partial charge in [-0.3, -0.25) is 9.10 Å². The number of carbonyl (C=O) groups excluding carboxylic acids is 1. The molecule has 2 rings (SSSR count). The fraction of sp³-hybridized carbons (Fsp3) is 0.381.